The van der Waals surface area contributed by atoms with Crippen LogP contribution in [0, 0.1) is 5.92 Å². The van der Waals surface area contributed by atoms with Gasteiger partial charge in [-0.1, -0.05) is 6.07 Å². The predicted octanol–water partition coefficient (Wildman–Crippen LogP) is 1.55. The van der Waals surface area contributed by atoms with Gasteiger partial charge in [0.25, 0.3) is 0 Å². The minimum atomic E-state index is -0.197. The van der Waals surface area contributed by atoms with Crippen molar-refractivity contribution in [2.24, 2.45) is 11.7 Å². The Kier molecular flexibility index (Phi) is 3.67. The minimum absolute atomic E-state index is 0.197. The second-order valence-corrected chi connectivity index (χ2v) is 5.40. The van der Waals surface area contributed by atoms with Gasteiger partial charge in [-0.25, -0.2) is 0 Å². The molecule has 2 heterocycles. The third-order valence-corrected chi connectivity index (χ3v) is 3.99. The van der Waals surface area contributed by atoms with Gasteiger partial charge in [-0.15, -0.1) is 0 Å². The first kappa shape index (κ1) is 13.1. The van der Waals surface area contributed by atoms with Crippen molar-refractivity contribution < 1.29 is 14.3 Å². The number of piperidine rings is 1. The van der Waals surface area contributed by atoms with Gasteiger partial charge in [0, 0.05) is 19.5 Å². The molecule has 0 aromatic heterocycles. The van der Waals surface area contributed by atoms with Crippen LogP contribution in [0.3, 0.4) is 0 Å². The Bertz CT molecular complexity index is 496. The Morgan fingerprint density at radius 1 is 1.25 bits per heavy atom. The van der Waals surface area contributed by atoms with Crippen molar-refractivity contribution in [2.75, 3.05) is 31.2 Å². The van der Waals surface area contributed by atoms with Gasteiger partial charge in [0.1, 0.15) is 13.2 Å². The molecule has 0 radical (unpaired) electrons. The average molecular weight is 276 g/mol. The summed E-state index contributed by atoms with van der Waals surface area (Å²) < 4.78 is 11.4. The smallest absolute Gasteiger partial charge is 0.217 e. The van der Waals surface area contributed by atoms with E-state index < -0.39 is 0 Å². The van der Waals surface area contributed by atoms with Gasteiger partial charge >= 0.3 is 0 Å². The molecule has 5 heteroatoms. The molecule has 1 aromatic rings. The predicted molar refractivity (Wildman–Crippen MR) is 76.2 cm³/mol. The van der Waals surface area contributed by atoms with Crippen LogP contribution in [-0.4, -0.2) is 32.2 Å². The number of nitrogens with two attached hydrogens (primary N) is 1. The molecule has 0 spiro atoms. The van der Waals surface area contributed by atoms with Gasteiger partial charge in [0.2, 0.25) is 5.91 Å². The number of hydrogen-bond donors (Lipinski definition) is 1. The molecule has 1 fully saturated rings. The molecule has 0 atom stereocenters. The van der Waals surface area contributed by atoms with Gasteiger partial charge in [0.05, 0.1) is 5.69 Å². The molecule has 108 valence electrons. The molecule has 0 unspecified atom stereocenters. The summed E-state index contributed by atoms with van der Waals surface area (Å²) >= 11 is 0. The summed E-state index contributed by atoms with van der Waals surface area (Å²) in [6.07, 6.45) is 2.49. The number of benzene rings is 1. The fourth-order valence-electron chi connectivity index (χ4n) is 2.97. The highest BCUT2D eigenvalue weighted by molar-refractivity contribution is 5.74. The third-order valence-electron chi connectivity index (χ3n) is 3.99. The Morgan fingerprint density at radius 2 is 2.00 bits per heavy atom. The Labute approximate surface area is 118 Å². The first-order valence-corrected chi connectivity index (χ1v) is 7.16. The highest BCUT2D eigenvalue weighted by Crippen LogP contribution is 2.40. The van der Waals surface area contributed by atoms with Crippen LogP contribution in [0.4, 0.5) is 5.69 Å². The molecular weight excluding hydrogens is 256 g/mol. The van der Waals surface area contributed by atoms with Gasteiger partial charge < -0.3 is 20.1 Å². The lowest BCUT2D eigenvalue weighted by molar-refractivity contribution is -0.119. The molecule has 2 N–H and O–H groups in total. The second-order valence-electron chi connectivity index (χ2n) is 5.40. The SMILES string of the molecule is NC(=O)CC1CCN(c2cccc3c2OCCO3)CC1. The molecule has 0 bridgehead atoms. The van der Waals surface area contributed by atoms with Crippen LogP contribution in [0.5, 0.6) is 11.5 Å². The summed E-state index contributed by atoms with van der Waals surface area (Å²) in [6.45, 7) is 3.06. The number of primary amides is 1. The maximum Gasteiger partial charge on any atom is 0.217 e. The number of carbonyl (C=O) groups excluding carboxylic acids is 1. The standard InChI is InChI=1S/C15H20N2O3/c16-14(18)10-11-4-6-17(7-5-11)12-2-1-3-13-15(12)20-9-8-19-13/h1-3,11H,4-10H2,(H2,16,18). The zero-order chi connectivity index (χ0) is 13.9. The lowest BCUT2D eigenvalue weighted by Gasteiger charge is -2.35. The summed E-state index contributed by atoms with van der Waals surface area (Å²) in [6, 6.07) is 6.01. The van der Waals surface area contributed by atoms with E-state index in [0.29, 0.717) is 25.6 Å². The van der Waals surface area contributed by atoms with E-state index in [1.807, 2.05) is 12.1 Å². The molecule has 1 aromatic carbocycles. The second kappa shape index (κ2) is 5.61. The number of fused-ring (bicyclic) bond motifs is 1. The number of amides is 1. The van der Waals surface area contributed by atoms with E-state index in [4.69, 9.17) is 15.2 Å². The van der Waals surface area contributed by atoms with Crippen LogP contribution in [0.25, 0.3) is 0 Å². The van der Waals surface area contributed by atoms with Gasteiger partial charge in [-0.2, -0.15) is 0 Å². The summed E-state index contributed by atoms with van der Waals surface area (Å²) in [5.74, 6) is 1.90. The molecule has 0 saturated carbocycles. The Hall–Kier alpha value is -1.91. The highest BCUT2D eigenvalue weighted by atomic mass is 16.6. The molecular formula is C15H20N2O3. The fraction of sp³-hybridized carbons (Fsp3) is 0.533. The van der Waals surface area contributed by atoms with Crippen molar-refractivity contribution in [3.63, 3.8) is 0 Å². The van der Waals surface area contributed by atoms with Crippen molar-refractivity contribution in [1.82, 2.24) is 0 Å². The first-order chi connectivity index (χ1) is 9.74. The molecule has 3 rings (SSSR count). The molecule has 2 aliphatic heterocycles. The van der Waals surface area contributed by atoms with Crippen molar-refractivity contribution >= 4 is 11.6 Å². The number of anilines is 1. The van der Waals surface area contributed by atoms with E-state index >= 15 is 0 Å². The first-order valence-electron chi connectivity index (χ1n) is 7.16. The number of nitrogens with zero attached hydrogens (tertiary/aromatic N) is 1. The maximum absolute atomic E-state index is 11.0. The van der Waals surface area contributed by atoms with Crippen molar-refractivity contribution in [2.45, 2.75) is 19.3 Å². The third kappa shape index (κ3) is 2.66. The largest absolute Gasteiger partial charge is 0.486 e. The van der Waals surface area contributed by atoms with Crippen LogP contribution >= 0.6 is 0 Å². The van der Waals surface area contributed by atoms with E-state index in [1.54, 1.807) is 0 Å². The van der Waals surface area contributed by atoms with Gasteiger partial charge in [-0.3, -0.25) is 4.79 Å². The van der Waals surface area contributed by atoms with Crippen LogP contribution in [0.2, 0.25) is 0 Å². The molecule has 1 amide bonds. The van der Waals surface area contributed by atoms with Crippen LogP contribution in [-0.2, 0) is 4.79 Å². The molecule has 20 heavy (non-hydrogen) atoms. The summed E-state index contributed by atoms with van der Waals surface area (Å²) in [5, 5.41) is 0. The zero-order valence-corrected chi connectivity index (χ0v) is 11.5. The van der Waals surface area contributed by atoms with E-state index in [2.05, 4.69) is 11.0 Å². The van der Waals surface area contributed by atoms with Crippen molar-refractivity contribution in [3.8, 4) is 11.5 Å². The van der Waals surface area contributed by atoms with Crippen molar-refractivity contribution in [1.29, 1.82) is 0 Å². The lowest BCUT2D eigenvalue weighted by atomic mass is 9.93. The maximum atomic E-state index is 11.0. The van der Waals surface area contributed by atoms with Gasteiger partial charge in [-0.05, 0) is 30.9 Å². The molecule has 5 nitrogen and oxygen atoms in total. The quantitative estimate of drug-likeness (QED) is 0.909. The van der Waals surface area contributed by atoms with E-state index in [0.717, 1.165) is 43.1 Å². The van der Waals surface area contributed by atoms with Crippen LogP contribution < -0.4 is 20.1 Å². The van der Waals surface area contributed by atoms with Crippen molar-refractivity contribution in [3.05, 3.63) is 18.2 Å². The fourth-order valence-corrected chi connectivity index (χ4v) is 2.97. The van der Waals surface area contributed by atoms with E-state index in [-0.39, 0.29) is 5.91 Å². The Morgan fingerprint density at radius 3 is 2.75 bits per heavy atom. The minimum Gasteiger partial charge on any atom is -0.486 e. The number of hydrogen-bond acceptors (Lipinski definition) is 4. The molecule has 0 aliphatic carbocycles. The summed E-state index contributed by atoms with van der Waals surface area (Å²) in [5.41, 5.74) is 6.37. The molecule has 2 aliphatic rings. The number of para-hydroxylation sites is 1. The topological polar surface area (TPSA) is 64.8 Å². The van der Waals surface area contributed by atoms with E-state index in [1.165, 1.54) is 0 Å². The zero-order valence-electron chi connectivity index (χ0n) is 11.5. The number of rotatable bonds is 3. The molecule has 1 saturated heterocycles. The number of ether oxygens (including phenoxy) is 2. The average Bonchev–Trinajstić information content (AvgIpc) is 2.47. The summed E-state index contributed by atoms with van der Waals surface area (Å²) in [7, 11) is 0. The van der Waals surface area contributed by atoms with Gasteiger partial charge in [0.15, 0.2) is 11.5 Å². The van der Waals surface area contributed by atoms with Crippen LogP contribution in [0.15, 0.2) is 18.2 Å². The lowest BCUT2D eigenvalue weighted by Crippen LogP contribution is -2.35. The number of carbonyl (C=O) groups is 1. The summed E-state index contributed by atoms with van der Waals surface area (Å²) in [4.78, 5) is 13.3. The Balaban J connectivity index is 1.71. The normalized spacial score (nSPS) is 18.9. The van der Waals surface area contributed by atoms with E-state index in [9.17, 15) is 4.79 Å². The monoisotopic (exact) mass is 276 g/mol. The van der Waals surface area contributed by atoms with Crippen LogP contribution in [0.1, 0.15) is 19.3 Å². The highest BCUT2D eigenvalue weighted by Gasteiger charge is 2.25.